The molecule has 3 nitrogen and oxygen atoms in total. The van der Waals surface area contributed by atoms with Crippen molar-refractivity contribution in [3.8, 4) is 0 Å². The van der Waals surface area contributed by atoms with Crippen molar-refractivity contribution in [3.05, 3.63) is 62.5 Å². The van der Waals surface area contributed by atoms with Gasteiger partial charge in [0.2, 0.25) is 0 Å². The molecule has 0 aliphatic heterocycles. The molecule has 0 bridgehead atoms. The maximum atomic E-state index is 4.63. The van der Waals surface area contributed by atoms with E-state index in [1.807, 2.05) is 6.92 Å². The standard InChI is InChI=1S/C19H20IN3/c1-11-6-5-7-16(12(11)2)13(3)21-19-17-10-15(20)8-9-18(17)22-14(4)23-19/h5-10,13H,1-4H3,(H,21,22,23)/t13-/m1/s1. The third-order valence-electron chi connectivity index (χ3n) is 4.24. The first-order chi connectivity index (χ1) is 11.0. The molecule has 0 saturated carbocycles. The maximum Gasteiger partial charge on any atom is 0.138 e. The van der Waals surface area contributed by atoms with Gasteiger partial charge in [-0.2, -0.15) is 0 Å². The second-order valence-electron chi connectivity index (χ2n) is 5.94. The van der Waals surface area contributed by atoms with Crippen molar-refractivity contribution in [2.24, 2.45) is 0 Å². The molecule has 1 N–H and O–H groups in total. The van der Waals surface area contributed by atoms with Crippen molar-refractivity contribution in [2.45, 2.75) is 33.7 Å². The Labute approximate surface area is 150 Å². The normalized spacial score (nSPS) is 12.4. The molecular weight excluding hydrogens is 397 g/mol. The molecule has 2 aromatic carbocycles. The van der Waals surface area contributed by atoms with Crippen molar-refractivity contribution in [1.82, 2.24) is 9.97 Å². The minimum Gasteiger partial charge on any atom is -0.363 e. The molecule has 1 aromatic heterocycles. The Kier molecular flexibility index (Phi) is 4.53. The van der Waals surface area contributed by atoms with Gasteiger partial charge in [0.05, 0.1) is 11.6 Å². The fourth-order valence-electron chi connectivity index (χ4n) is 2.85. The van der Waals surface area contributed by atoms with Gasteiger partial charge in [0.15, 0.2) is 0 Å². The Morgan fingerprint density at radius 1 is 1.04 bits per heavy atom. The lowest BCUT2D eigenvalue weighted by Gasteiger charge is -2.19. The molecule has 0 spiro atoms. The number of nitrogens with one attached hydrogen (secondary N) is 1. The van der Waals surface area contributed by atoms with Crippen LogP contribution in [-0.4, -0.2) is 9.97 Å². The van der Waals surface area contributed by atoms with E-state index < -0.39 is 0 Å². The van der Waals surface area contributed by atoms with Crippen molar-refractivity contribution < 1.29 is 0 Å². The summed E-state index contributed by atoms with van der Waals surface area (Å²) in [5, 5.41) is 4.65. The molecule has 0 aliphatic carbocycles. The molecule has 1 atom stereocenters. The third-order valence-corrected chi connectivity index (χ3v) is 4.91. The largest absolute Gasteiger partial charge is 0.363 e. The summed E-state index contributed by atoms with van der Waals surface area (Å²) in [4.78, 5) is 9.17. The van der Waals surface area contributed by atoms with Crippen LogP contribution in [0.5, 0.6) is 0 Å². The van der Waals surface area contributed by atoms with Gasteiger partial charge in [-0.15, -0.1) is 0 Å². The van der Waals surface area contributed by atoms with Crippen molar-refractivity contribution >= 4 is 39.3 Å². The molecule has 0 radical (unpaired) electrons. The summed E-state index contributed by atoms with van der Waals surface area (Å²) < 4.78 is 1.19. The lowest BCUT2D eigenvalue weighted by molar-refractivity contribution is 0.860. The molecule has 3 rings (SSSR count). The molecule has 3 aromatic rings. The Balaban J connectivity index is 2.04. The van der Waals surface area contributed by atoms with Gasteiger partial charge in [-0.05, 0) is 85.2 Å². The van der Waals surface area contributed by atoms with Crippen molar-refractivity contribution in [3.63, 3.8) is 0 Å². The molecule has 1 heterocycles. The average Bonchev–Trinajstić information content (AvgIpc) is 2.50. The smallest absolute Gasteiger partial charge is 0.138 e. The summed E-state index contributed by atoms with van der Waals surface area (Å²) in [5.41, 5.74) is 4.93. The summed E-state index contributed by atoms with van der Waals surface area (Å²) in [6.07, 6.45) is 0. The fourth-order valence-corrected chi connectivity index (χ4v) is 3.34. The highest BCUT2D eigenvalue weighted by atomic mass is 127. The highest BCUT2D eigenvalue weighted by Gasteiger charge is 2.13. The Morgan fingerprint density at radius 2 is 1.83 bits per heavy atom. The van der Waals surface area contributed by atoms with Gasteiger partial charge >= 0.3 is 0 Å². The van der Waals surface area contributed by atoms with Gasteiger partial charge in [0, 0.05) is 8.96 Å². The Hall–Kier alpha value is -1.69. The fraction of sp³-hybridized carbons (Fsp3) is 0.263. The minimum atomic E-state index is 0.185. The lowest BCUT2D eigenvalue weighted by Crippen LogP contribution is -2.11. The van der Waals surface area contributed by atoms with Crippen LogP contribution in [0.1, 0.15) is 35.5 Å². The van der Waals surface area contributed by atoms with E-state index in [-0.39, 0.29) is 6.04 Å². The zero-order chi connectivity index (χ0) is 16.6. The number of anilines is 1. The average molecular weight is 417 g/mol. The van der Waals surface area contributed by atoms with Crippen molar-refractivity contribution in [1.29, 1.82) is 0 Å². The van der Waals surface area contributed by atoms with Crippen LogP contribution < -0.4 is 5.32 Å². The lowest BCUT2D eigenvalue weighted by atomic mass is 9.98. The Morgan fingerprint density at radius 3 is 2.61 bits per heavy atom. The van der Waals surface area contributed by atoms with E-state index in [2.05, 4.69) is 95.0 Å². The van der Waals surface area contributed by atoms with E-state index in [1.165, 1.54) is 20.3 Å². The summed E-state index contributed by atoms with van der Waals surface area (Å²) in [7, 11) is 0. The number of aryl methyl sites for hydroxylation is 2. The second-order valence-corrected chi connectivity index (χ2v) is 7.18. The number of rotatable bonds is 3. The van der Waals surface area contributed by atoms with E-state index in [0.29, 0.717) is 0 Å². The van der Waals surface area contributed by atoms with E-state index in [0.717, 1.165) is 22.5 Å². The molecule has 0 amide bonds. The van der Waals surface area contributed by atoms with Crippen LogP contribution in [0.2, 0.25) is 0 Å². The molecule has 0 fully saturated rings. The number of nitrogens with zero attached hydrogens (tertiary/aromatic N) is 2. The van der Waals surface area contributed by atoms with Gasteiger partial charge in [-0.1, -0.05) is 18.2 Å². The number of aromatic nitrogens is 2. The summed E-state index contributed by atoms with van der Waals surface area (Å²) in [6, 6.07) is 12.9. The van der Waals surface area contributed by atoms with Crippen LogP contribution >= 0.6 is 22.6 Å². The van der Waals surface area contributed by atoms with E-state index in [1.54, 1.807) is 0 Å². The van der Waals surface area contributed by atoms with Crippen molar-refractivity contribution in [2.75, 3.05) is 5.32 Å². The van der Waals surface area contributed by atoms with Crippen LogP contribution in [0.3, 0.4) is 0 Å². The summed E-state index contributed by atoms with van der Waals surface area (Å²) >= 11 is 2.32. The summed E-state index contributed by atoms with van der Waals surface area (Å²) in [5.74, 6) is 1.69. The molecule has 0 unspecified atom stereocenters. The molecular formula is C19H20IN3. The van der Waals surface area contributed by atoms with Crippen LogP contribution in [0, 0.1) is 24.3 Å². The van der Waals surface area contributed by atoms with Gasteiger partial charge < -0.3 is 5.32 Å². The molecule has 4 heteroatoms. The van der Waals surface area contributed by atoms with Crippen LogP contribution in [0.25, 0.3) is 10.9 Å². The predicted octanol–water partition coefficient (Wildman–Crippen LogP) is 5.33. The molecule has 118 valence electrons. The minimum absolute atomic E-state index is 0.185. The highest BCUT2D eigenvalue weighted by molar-refractivity contribution is 14.1. The summed E-state index contributed by atoms with van der Waals surface area (Å²) in [6.45, 7) is 8.44. The third kappa shape index (κ3) is 3.32. The SMILES string of the molecule is Cc1nc(N[C@H](C)c2cccc(C)c2C)c2cc(I)ccc2n1. The number of fused-ring (bicyclic) bond motifs is 1. The Bertz CT molecular complexity index is 874. The van der Waals surface area contributed by atoms with E-state index >= 15 is 0 Å². The first-order valence-corrected chi connectivity index (χ1v) is 8.80. The second kappa shape index (κ2) is 6.43. The van der Waals surface area contributed by atoms with Crippen LogP contribution in [0.15, 0.2) is 36.4 Å². The molecule has 0 saturated heterocycles. The first kappa shape index (κ1) is 16.2. The highest BCUT2D eigenvalue weighted by Crippen LogP contribution is 2.28. The number of hydrogen-bond acceptors (Lipinski definition) is 3. The zero-order valence-corrected chi connectivity index (χ0v) is 16.0. The van der Waals surface area contributed by atoms with Gasteiger partial charge in [-0.3, -0.25) is 0 Å². The van der Waals surface area contributed by atoms with Crippen LogP contribution in [0.4, 0.5) is 5.82 Å². The monoisotopic (exact) mass is 417 g/mol. The first-order valence-electron chi connectivity index (χ1n) is 7.72. The van der Waals surface area contributed by atoms with Gasteiger partial charge in [0.1, 0.15) is 11.6 Å². The quantitative estimate of drug-likeness (QED) is 0.586. The van der Waals surface area contributed by atoms with Gasteiger partial charge in [-0.25, -0.2) is 9.97 Å². The topological polar surface area (TPSA) is 37.8 Å². The van der Waals surface area contributed by atoms with Crippen LogP contribution in [-0.2, 0) is 0 Å². The number of hydrogen-bond donors (Lipinski definition) is 1. The number of benzene rings is 2. The maximum absolute atomic E-state index is 4.63. The van der Waals surface area contributed by atoms with E-state index in [4.69, 9.17) is 0 Å². The predicted molar refractivity (Wildman–Crippen MR) is 105 cm³/mol. The molecule has 23 heavy (non-hydrogen) atoms. The zero-order valence-electron chi connectivity index (χ0n) is 13.8. The number of halogens is 1. The molecule has 0 aliphatic rings. The van der Waals surface area contributed by atoms with E-state index in [9.17, 15) is 0 Å². The van der Waals surface area contributed by atoms with Gasteiger partial charge in [0.25, 0.3) is 0 Å².